The van der Waals surface area contributed by atoms with E-state index < -0.39 is 29.3 Å². The molecule has 0 aromatic heterocycles. The molecule has 1 aliphatic rings. The summed E-state index contributed by atoms with van der Waals surface area (Å²) in [6.07, 6.45) is 3.48. The van der Waals surface area contributed by atoms with E-state index in [9.17, 15) is 14.4 Å². The Morgan fingerprint density at radius 3 is 2.14 bits per heavy atom. The number of hydrogen-bond donors (Lipinski definition) is 2. The van der Waals surface area contributed by atoms with Gasteiger partial charge in [0.2, 0.25) is 11.8 Å². The summed E-state index contributed by atoms with van der Waals surface area (Å²) in [5.41, 5.74) is 0.784. The third-order valence-electron chi connectivity index (χ3n) is 6.01. The number of thioether (sulfide) groups is 1. The molecular weight excluding hydrogens is 474 g/mol. The number of carbonyl (C=O) groups is 3. The van der Waals surface area contributed by atoms with Crippen molar-refractivity contribution in [2.75, 3.05) is 12.0 Å². The summed E-state index contributed by atoms with van der Waals surface area (Å²) in [7, 11) is 0. The fourth-order valence-electron chi connectivity index (χ4n) is 4.11. The molecular formula is C28H45N3O4S. The Morgan fingerprint density at radius 1 is 1.11 bits per heavy atom. The summed E-state index contributed by atoms with van der Waals surface area (Å²) in [5.74, 6) is 0.485. The third kappa shape index (κ3) is 9.02. The van der Waals surface area contributed by atoms with Crippen molar-refractivity contribution in [3.63, 3.8) is 0 Å². The fourth-order valence-corrected chi connectivity index (χ4v) is 4.58. The van der Waals surface area contributed by atoms with E-state index in [2.05, 4.69) is 24.5 Å². The molecule has 4 atom stereocenters. The van der Waals surface area contributed by atoms with Crippen LogP contribution in [0.1, 0.15) is 85.4 Å². The van der Waals surface area contributed by atoms with Crippen molar-refractivity contribution in [1.82, 2.24) is 15.5 Å². The molecule has 7 nitrogen and oxygen atoms in total. The largest absolute Gasteiger partial charge is 0.444 e. The Balaban J connectivity index is 2.49. The molecule has 8 heteroatoms. The zero-order chi connectivity index (χ0) is 27.3. The lowest BCUT2D eigenvalue weighted by atomic mass is 9.98. The number of nitrogens with one attached hydrogen (secondary N) is 2. The van der Waals surface area contributed by atoms with Crippen molar-refractivity contribution in [2.24, 2.45) is 5.92 Å². The van der Waals surface area contributed by atoms with E-state index in [1.807, 2.05) is 51.3 Å². The molecule has 1 saturated carbocycles. The summed E-state index contributed by atoms with van der Waals surface area (Å²) in [6.45, 7) is 15.3. The molecule has 0 aliphatic heterocycles. The highest BCUT2D eigenvalue weighted by atomic mass is 32.2. The number of alkyl carbamates (subject to hydrolysis) is 1. The lowest BCUT2D eigenvalue weighted by Crippen LogP contribution is -2.55. The van der Waals surface area contributed by atoms with Gasteiger partial charge in [0.05, 0.1) is 0 Å². The predicted octanol–water partition coefficient (Wildman–Crippen LogP) is 5.09. The molecule has 3 amide bonds. The number of hydrogen-bond acceptors (Lipinski definition) is 5. The normalized spacial score (nSPS) is 19.1. The third-order valence-corrected chi connectivity index (χ3v) is 6.65. The van der Waals surface area contributed by atoms with Gasteiger partial charge in [0.15, 0.2) is 0 Å². The van der Waals surface area contributed by atoms with Crippen LogP contribution in [0.2, 0.25) is 0 Å². The average molecular weight is 520 g/mol. The molecule has 4 unspecified atom stereocenters. The van der Waals surface area contributed by atoms with Crippen LogP contribution in [0.5, 0.6) is 0 Å². The van der Waals surface area contributed by atoms with Gasteiger partial charge >= 0.3 is 6.09 Å². The van der Waals surface area contributed by atoms with E-state index in [4.69, 9.17) is 4.74 Å². The van der Waals surface area contributed by atoms with Crippen LogP contribution in [-0.4, -0.2) is 58.0 Å². The second-order valence-electron chi connectivity index (χ2n) is 11.7. The first kappa shape index (κ1) is 30.0. The minimum absolute atomic E-state index is 0.0729. The monoisotopic (exact) mass is 519 g/mol. The van der Waals surface area contributed by atoms with E-state index in [0.29, 0.717) is 12.2 Å². The Bertz CT molecular complexity index is 905. The van der Waals surface area contributed by atoms with Gasteiger partial charge in [-0.25, -0.2) is 4.79 Å². The Hall–Kier alpha value is -2.22. The van der Waals surface area contributed by atoms with Crippen molar-refractivity contribution >= 4 is 29.7 Å². The number of nitrogens with zero attached hydrogens (tertiary/aromatic N) is 1. The number of ether oxygens (including phenoxy) is 1. The molecule has 1 aromatic carbocycles. The maximum Gasteiger partial charge on any atom is 0.408 e. The van der Waals surface area contributed by atoms with Crippen LogP contribution in [-0.2, 0) is 20.7 Å². The van der Waals surface area contributed by atoms with Crippen molar-refractivity contribution in [3.05, 3.63) is 35.4 Å². The fraction of sp³-hybridized carbons (Fsp3) is 0.679. The molecule has 2 N–H and O–H groups in total. The van der Waals surface area contributed by atoms with E-state index in [0.717, 1.165) is 24.0 Å². The highest BCUT2D eigenvalue weighted by Crippen LogP contribution is 2.41. The molecule has 202 valence electrons. The second kappa shape index (κ2) is 12.3. The summed E-state index contributed by atoms with van der Waals surface area (Å²) in [5, 5.41) is 5.88. The first-order valence-electron chi connectivity index (χ1n) is 12.9. The van der Waals surface area contributed by atoms with E-state index in [-0.39, 0.29) is 23.8 Å². The van der Waals surface area contributed by atoms with Gasteiger partial charge in [-0.3, -0.25) is 9.59 Å². The number of amides is 3. The SMILES string of the molecule is CCc1ccc(C(C(=O)NC(C)(C)C)N(C(=O)C(CCSC)NC(=O)OC(C)(C)C)C2CC2C)cc1. The van der Waals surface area contributed by atoms with Gasteiger partial charge < -0.3 is 20.3 Å². The number of carbonyl (C=O) groups excluding carboxylic acids is 3. The Kier molecular flexibility index (Phi) is 10.3. The summed E-state index contributed by atoms with van der Waals surface area (Å²) < 4.78 is 5.45. The molecule has 0 heterocycles. The lowest BCUT2D eigenvalue weighted by Gasteiger charge is -2.36. The van der Waals surface area contributed by atoms with Gasteiger partial charge in [-0.2, -0.15) is 11.8 Å². The highest BCUT2D eigenvalue weighted by Gasteiger charge is 2.48. The molecule has 36 heavy (non-hydrogen) atoms. The molecule has 0 bridgehead atoms. The molecule has 0 spiro atoms. The summed E-state index contributed by atoms with van der Waals surface area (Å²) in [4.78, 5) is 42.2. The smallest absolute Gasteiger partial charge is 0.408 e. The molecule has 1 aromatic rings. The van der Waals surface area contributed by atoms with Gasteiger partial charge in [0.1, 0.15) is 17.7 Å². The summed E-state index contributed by atoms with van der Waals surface area (Å²) >= 11 is 1.60. The lowest BCUT2D eigenvalue weighted by molar-refractivity contribution is -0.144. The first-order valence-corrected chi connectivity index (χ1v) is 14.3. The van der Waals surface area contributed by atoms with Crippen LogP contribution < -0.4 is 10.6 Å². The van der Waals surface area contributed by atoms with E-state index in [1.165, 1.54) is 0 Å². The van der Waals surface area contributed by atoms with Gasteiger partial charge in [-0.05, 0) is 89.9 Å². The van der Waals surface area contributed by atoms with Crippen molar-refractivity contribution in [2.45, 2.75) is 104 Å². The van der Waals surface area contributed by atoms with Crippen LogP contribution in [0.4, 0.5) is 4.79 Å². The summed E-state index contributed by atoms with van der Waals surface area (Å²) in [6, 6.07) is 6.24. The zero-order valence-electron chi connectivity index (χ0n) is 23.4. The van der Waals surface area contributed by atoms with Gasteiger partial charge in [-0.1, -0.05) is 38.1 Å². The topological polar surface area (TPSA) is 87.7 Å². The van der Waals surface area contributed by atoms with Crippen molar-refractivity contribution in [1.29, 1.82) is 0 Å². The first-order chi connectivity index (χ1) is 16.7. The van der Waals surface area contributed by atoms with E-state index in [1.54, 1.807) is 37.4 Å². The number of aryl methyl sites for hydroxylation is 1. The highest BCUT2D eigenvalue weighted by molar-refractivity contribution is 7.98. The zero-order valence-corrected chi connectivity index (χ0v) is 24.3. The molecule has 2 rings (SSSR count). The van der Waals surface area contributed by atoms with Crippen LogP contribution in [0.3, 0.4) is 0 Å². The molecule has 0 radical (unpaired) electrons. The van der Waals surface area contributed by atoms with Gasteiger partial charge in [-0.15, -0.1) is 0 Å². The van der Waals surface area contributed by atoms with Crippen LogP contribution in [0, 0.1) is 5.92 Å². The van der Waals surface area contributed by atoms with E-state index >= 15 is 0 Å². The number of rotatable bonds is 10. The molecule has 1 fully saturated rings. The minimum atomic E-state index is -0.796. The second-order valence-corrected chi connectivity index (χ2v) is 12.7. The average Bonchev–Trinajstić information content (AvgIpc) is 3.47. The maximum atomic E-state index is 14.2. The molecule has 0 saturated heterocycles. The quantitative estimate of drug-likeness (QED) is 0.450. The Morgan fingerprint density at radius 2 is 1.69 bits per heavy atom. The van der Waals surface area contributed by atoms with Gasteiger partial charge in [0, 0.05) is 11.6 Å². The van der Waals surface area contributed by atoms with Crippen molar-refractivity contribution < 1.29 is 19.1 Å². The van der Waals surface area contributed by atoms with Crippen LogP contribution >= 0.6 is 11.8 Å². The van der Waals surface area contributed by atoms with Crippen molar-refractivity contribution in [3.8, 4) is 0 Å². The number of benzene rings is 1. The maximum absolute atomic E-state index is 14.2. The van der Waals surface area contributed by atoms with Crippen LogP contribution in [0.15, 0.2) is 24.3 Å². The predicted molar refractivity (Wildman–Crippen MR) is 147 cm³/mol. The molecule has 1 aliphatic carbocycles. The van der Waals surface area contributed by atoms with Gasteiger partial charge in [0.25, 0.3) is 0 Å². The standard InChI is InChI=1S/C28H45N3O4S/c1-10-19-11-13-20(14-12-19)23(24(32)30-27(3,4)5)31(22-17-18(22)2)25(33)21(15-16-36-9)29-26(34)35-28(6,7)8/h11-14,18,21-23H,10,15-17H2,1-9H3,(H,29,34)(H,30,32). The minimum Gasteiger partial charge on any atom is -0.444 e. The Labute approximate surface area is 221 Å². The van der Waals surface area contributed by atoms with Crippen LogP contribution in [0.25, 0.3) is 0 Å².